The van der Waals surface area contributed by atoms with Crippen molar-refractivity contribution in [1.29, 1.82) is 0 Å². The zero-order valence-corrected chi connectivity index (χ0v) is 9.64. The predicted octanol–water partition coefficient (Wildman–Crippen LogP) is 3.32. The second-order valence-corrected chi connectivity index (χ2v) is 4.05. The van der Waals surface area contributed by atoms with Gasteiger partial charge >= 0.3 is 0 Å². The van der Waals surface area contributed by atoms with E-state index in [1.54, 1.807) is 5.01 Å². The molecule has 0 bridgehead atoms. The minimum atomic E-state index is 1.01. The normalized spacial score (nSPS) is 10.2. The molecule has 0 atom stereocenters. The third-order valence-corrected chi connectivity index (χ3v) is 2.56. The summed E-state index contributed by atoms with van der Waals surface area (Å²) in [6.45, 7) is 4.13. The van der Waals surface area contributed by atoms with E-state index in [0.29, 0.717) is 0 Å². The summed E-state index contributed by atoms with van der Waals surface area (Å²) in [6.07, 6.45) is 0. The summed E-state index contributed by atoms with van der Waals surface area (Å²) < 4.78 is 0. The lowest BCUT2D eigenvalue weighted by atomic mass is 10.2. The van der Waals surface area contributed by atoms with Crippen molar-refractivity contribution in [2.45, 2.75) is 13.8 Å². The summed E-state index contributed by atoms with van der Waals surface area (Å²) in [5.41, 5.74) is 4.43. The van der Waals surface area contributed by atoms with Crippen molar-refractivity contribution in [3.63, 3.8) is 0 Å². The van der Waals surface area contributed by atoms with E-state index >= 15 is 0 Å². The Bertz CT molecular complexity index is 446. The Hall–Kier alpha value is -1.80. The first-order valence-electron chi connectivity index (χ1n) is 5.35. The number of nitrogens with zero attached hydrogens (tertiary/aromatic N) is 1. The summed E-state index contributed by atoms with van der Waals surface area (Å²) in [7, 11) is 0. The van der Waals surface area contributed by atoms with Gasteiger partial charge in [-0.05, 0) is 49.2 Å². The van der Waals surface area contributed by atoms with Crippen LogP contribution in [0.1, 0.15) is 11.1 Å². The monoisotopic (exact) mass is 212 g/mol. The van der Waals surface area contributed by atoms with Crippen molar-refractivity contribution in [2.24, 2.45) is 5.84 Å². The first-order chi connectivity index (χ1) is 7.66. The molecule has 0 aliphatic rings. The summed E-state index contributed by atoms with van der Waals surface area (Å²) in [6, 6.07) is 16.3. The Kier molecular flexibility index (Phi) is 2.93. The van der Waals surface area contributed by atoms with Crippen LogP contribution in [-0.2, 0) is 0 Å². The summed E-state index contributed by atoms with van der Waals surface area (Å²) >= 11 is 0. The van der Waals surface area contributed by atoms with Crippen LogP contribution in [0.3, 0.4) is 0 Å². The van der Waals surface area contributed by atoms with Crippen LogP contribution in [0.15, 0.2) is 48.5 Å². The van der Waals surface area contributed by atoms with E-state index in [2.05, 4.69) is 38.1 Å². The standard InChI is InChI=1S/C14H16N2/c1-11-5-3-7-13(9-11)16(15)14-8-4-6-12(2)10-14/h3-10H,15H2,1-2H3. The van der Waals surface area contributed by atoms with Gasteiger partial charge in [0.15, 0.2) is 0 Å². The highest BCUT2D eigenvalue weighted by molar-refractivity contribution is 5.62. The maximum Gasteiger partial charge on any atom is 0.0577 e. The average molecular weight is 212 g/mol. The molecule has 0 radical (unpaired) electrons. The molecule has 0 unspecified atom stereocenters. The van der Waals surface area contributed by atoms with Gasteiger partial charge in [0.1, 0.15) is 0 Å². The van der Waals surface area contributed by atoms with Gasteiger partial charge in [0.25, 0.3) is 0 Å². The molecular weight excluding hydrogens is 196 g/mol. The minimum Gasteiger partial charge on any atom is -0.280 e. The van der Waals surface area contributed by atoms with E-state index in [-0.39, 0.29) is 0 Å². The van der Waals surface area contributed by atoms with Gasteiger partial charge in [0, 0.05) is 0 Å². The van der Waals surface area contributed by atoms with Crippen molar-refractivity contribution in [1.82, 2.24) is 0 Å². The molecule has 0 spiro atoms. The largest absolute Gasteiger partial charge is 0.280 e. The SMILES string of the molecule is Cc1cccc(N(N)c2cccc(C)c2)c1. The number of nitrogens with two attached hydrogens (primary N) is 1. The van der Waals surface area contributed by atoms with E-state index in [9.17, 15) is 0 Å². The number of rotatable bonds is 2. The predicted molar refractivity (Wildman–Crippen MR) is 68.7 cm³/mol. The van der Waals surface area contributed by atoms with Gasteiger partial charge in [-0.3, -0.25) is 5.01 Å². The molecule has 0 fully saturated rings. The van der Waals surface area contributed by atoms with Gasteiger partial charge in [-0.15, -0.1) is 0 Å². The van der Waals surface area contributed by atoms with E-state index in [1.807, 2.05) is 24.3 Å². The van der Waals surface area contributed by atoms with Gasteiger partial charge in [0.2, 0.25) is 0 Å². The van der Waals surface area contributed by atoms with E-state index < -0.39 is 0 Å². The molecule has 0 amide bonds. The Morgan fingerprint density at radius 3 is 1.62 bits per heavy atom. The number of anilines is 2. The zero-order chi connectivity index (χ0) is 11.5. The zero-order valence-electron chi connectivity index (χ0n) is 9.64. The Morgan fingerprint density at radius 1 is 0.812 bits per heavy atom. The average Bonchev–Trinajstić information content (AvgIpc) is 2.28. The smallest absolute Gasteiger partial charge is 0.0577 e. The van der Waals surface area contributed by atoms with Crippen LogP contribution in [-0.4, -0.2) is 0 Å². The summed E-state index contributed by atoms with van der Waals surface area (Å²) in [5, 5.41) is 1.71. The number of hydrogen-bond acceptors (Lipinski definition) is 2. The highest BCUT2D eigenvalue weighted by Gasteiger charge is 2.04. The molecular formula is C14H16N2. The first kappa shape index (κ1) is 10.7. The molecule has 82 valence electrons. The second kappa shape index (κ2) is 4.37. The molecule has 2 aromatic carbocycles. The van der Waals surface area contributed by atoms with Crippen LogP contribution in [0.5, 0.6) is 0 Å². The number of hydrazine groups is 1. The van der Waals surface area contributed by atoms with Crippen molar-refractivity contribution >= 4 is 11.4 Å². The van der Waals surface area contributed by atoms with Gasteiger partial charge in [-0.25, -0.2) is 5.84 Å². The summed E-state index contributed by atoms with van der Waals surface area (Å²) in [4.78, 5) is 0. The molecule has 0 saturated heterocycles. The van der Waals surface area contributed by atoms with Gasteiger partial charge in [-0.1, -0.05) is 24.3 Å². The molecule has 0 aromatic heterocycles. The molecule has 0 aliphatic carbocycles. The fourth-order valence-electron chi connectivity index (χ4n) is 1.70. The number of aryl methyl sites for hydroxylation is 2. The third kappa shape index (κ3) is 2.23. The maximum atomic E-state index is 6.09. The molecule has 2 heteroatoms. The maximum absolute atomic E-state index is 6.09. The highest BCUT2D eigenvalue weighted by Crippen LogP contribution is 2.22. The van der Waals surface area contributed by atoms with Gasteiger partial charge in [0.05, 0.1) is 11.4 Å². The van der Waals surface area contributed by atoms with Crippen LogP contribution in [0.2, 0.25) is 0 Å². The van der Waals surface area contributed by atoms with E-state index in [4.69, 9.17) is 5.84 Å². The molecule has 2 aromatic rings. The number of hydrogen-bond donors (Lipinski definition) is 1. The molecule has 16 heavy (non-hydrogen) atoms. The van der Waals surface area contributed by atoms with Crippen LogP contribution in [0.25, 0.3) is 0 Å². The molecule has 2 nitrogen and oxygen atoms in total. The Labute approximate surface area is 96.3 Å². The number of benzene rings is 2. The van der Waals surface area contributed by atoms with E-state index in [1.165, 1.54) is 11.1 Å². The minimum absolute atomic E-state index is 1.01. The van der Waals surface area contributed by atoms with E-state index in [0.717, 1.165) is 11.4 Å². The van der Waals surface area contributed by atoms with Crippen LogP contribution >= 0.6 is 0 Å². The molecule has 0 heterocycles. The van der Waals surface area contributed by atoms with Crippen molar-refractivity contribution in [3.8, 4) is 0 Å². The van der Waals surface area contributed by atoms with Crippen LogP contribution < -0.4 is 10.9 Å². The van der Waals surface area contributed by atoms with Crippen molar-refractivity contribution in [3.05, 3.63) is 59.7 Å². The lowest BCUT2D eigenvalue weighted by Crippen LogP contribution is -2.24. The molecule has 2 rings (SSSR count). The molecule has 2 N–H and O–H groups in total. The van der Waals surface area contributed by atoms with Crippen molar-refractivity contribution < 1.29 is 0 Å². The fourth-order valence-corrected chi connectivity index (χ4v) is 1.70. The lowest BCUT2D eigenvalue weighted by molar-refractivity contribution is 1.08. The second-order valence-electron chi connectivity index (χ2n) is 4.05. The Balaban J connectivity index is 2.35. The van der Waals surface area contributed by atoms with Crippen molar-refractivity contribution in [2.75, 3.05) is 5.01 Å². The third-order valence-electron chi connectivity index (χ3n) is 2.56. The fraction of sp³-hybridized carbons (Fsp3) is 0.143. The van der Waals surface area contributed by atoms with Crippen LogP contribution in [0, 0.1) is 13.8 Å². The van der Waals surface area contributed by atoms with Crippen LogP contribution in [0.4, 0.5) is 11.4 Å². The highest BCUT2D eigenvalue weighted by atomic mass is 15.4. The quantitative estimate of drug-likeness (QED) is 0.611. The topological polar surface area (TPSA) is 29.3 Å². The Morgan fingerprint density at radius 2 is 1.25 bits per heavy atom. The van der Waals surface area contributed by atoms with Gasteiger partial charge < -0.3 is 0 Å². The van der Waals surface area contributed by atoms with Gasteiger partial charge in [-0.2, -0.15) is 0 Å². The molecule has 0 saturated carbocycles. The molecule has 0 aliphatic heterocycles. The first-order valence-corrected chi connectivity index (χ1v) is 5.35. The summed E-state index contributed by atoms with van der Waals surface area (Å²) in [5.74, 6) is 6.09. The lowest BCUT2D eigenvalue weighted by Gasteiger charge is -2.19.